The number of carbonyl (C=O) groups is 1. The lowest BCUT2D eigenvalue weighted by atomic mass is 10.1. The number of carbonyl (C=O) groups excluding carboxylic acids is 1. The van der Waals surface area contributed by atoms with Gasteiger partial charge in [-0.3, -0.25) is 9.69 Å². The van der Waals surface area contributed by atoms with Crippen molar-refractivity contribution in [1.29, 1.82) is 0 Å². The summed E-state index contributed by atoms with van der Waals surface area (Å²) in [6, 6.07) is 3.71. The predicted molar refractivity (Wildman–Crippen MR) is 68.8 cm³/mol. The summed E-state index contributed by atoms with van der Waals surface area (Å²) in [5, 5.41) is 0. The smallest absolute Gasteiger partial charge is 0.236 e. The monoisotopic (exact) mass is 251 g/mol. The molecule has 1 aromatic rings. The Morgan fingerprint density at radius 2 is 2.50 bits per heavy atom. The molecule has 0 radical (unpaired) electrons. The van der Waals surface area contributed by atoms with E-state index in [0.717, 1.165) is 25.3 Å². The molecule has 1 aliphatic rings. The molecule has 0 saturated carbocycles. The van der Waals surface area contributed by atoms with Gasteiger partial charge in [0.15, 0.2) is 0 Å². The molecule has 2 heterocycles. The Bertz CT molecular complexity index is 378. The molecule has 1 aromatic heterocycles. The van der Waals surface area contributed by atoms with Crippen molar-refractivity contribution in [3.05, 3.63) is 24.2 Å². The van der Waals surface area contributed by atoms with Gasteiger partial charge in [-0.25, -0.2) is 0 Å². The third-order valence-corrected chi connectivity index (χ3v) is 3.46. The first kappa shape index (κ1) is 13.1. The normalized spacial score (nSPS) is 20.2. The highest BCUT2D eigenvalue weighted by Crippen LogP contribution is 2.14. The fraction of sp³-hybridized carbons (Fsp3) is 0.615. The highest BCUT2D eigenvalue weighted by atomic mass is 16.3. The first-order valence-corrected chi connectivity index (χ1v) is 6.38. The molecule has 1 fully saturated rings. The van der Waals surface area contributed by atoms with Crippen LogP contribution in [-0.2, 0) is 11.3 Å². The number of likely N-dealkylation sites (N-methyl/N-ethyl adjacent to an activating group) is 1. The average Bonchev–Trinajstić information content (AvgIpc) is 3.00. The summed E-state index contributed by atoms with van der Waals surface area (Å²) in [4.78, 5) is 15.9. The molecule has 0 spiro atoms. The summed E-state index contributed by atoms with van der Waals surface area (Å²) in [5.41, 5.74) is 5.64. The van der Waals surface area contributed by atoms with Crippen molar-refractivity contribution in [1.82, 2.24) is 9.80 Å². The molecule has 18 heavy (non-hydrogen) atoms. The summed E-state index contributed by atoms with van der Waals surface area (Å²) in [7, 11) is 1.81. The highest BCUT2D eigenvalue weighted by molar-refractivity contribution is 5.77. The maximum absolute atomic E-state index is 12.0. The molecule has 2 rings (SSSR count). The molecule has 1 saturated heterocycles. The lowest BCUT2D eigenvalue weighted by Crippen LogP contribution is -2.37. The molecule has 5 heteroatoms. The fourth-order valence-corrected chi connectivity index (χ4v) is 2.29. The van der Waals surface area contributed by atoms with Gasteiger partial charge in [0.05, 0.1) is 19.4 Å². The Morgan fingerprint density at radius 1 is 1.67 bits per heavy atom. The third kappa shape index (κ3) is 3.34. The number of likely N-dealkylation sites (tertiary alicyclic amines) is 1. The number of furan rings is 1. The van der Waals surface area contributed by atoms with Crippen molar-refractivity contribution in [2.45, 2.75) is 13.0 Å². The van der Waals surface area contributed by atoms with Gasteiger partial charge in [0.2, 0.25) is 5.91 Å². The van der Waals surface area contributed by atoms with Gasteiger partial charge in [-0.2, -0.15) is 0 Å². The molecular formula is C13H21N3O2. The molecule has 0 bridgehead atoms. The summed E-state index contributed by atoms with van der Waals surface area (Å²) < 4.78 is 5.23. The van der Waals surface area contributed by atoms with Crippen LogP contribution in [0.2, 0.25) is 0 Å². The van der Waals surface area contributed by atoms with Crippen molar-refractivity contribution in [2.24, 2.45) is 11.7 Å². The lowest BCUT2D eigenvalue weighted by molar-refractivity contribution is -0.131. The van der Waals surface area contributed by atoms with Gasteiger partial charge in [0.1, 0.15) is 5.76 Å². The molecular weight excluding hydrogens is 230 g/mol. The number of hydrogen-bond donors (Lipinski definition) is 1. The maximum atomic E-state index is 12.0. The van der Waals surface area contributed by atoms with E-state index in [-0.39, 0.29) is 5.91 Å². The van der Waals surface area contributed by atoms with E-state index in [2.05, 4.69) is 4.90 Å². The summed E-state index contributed by atoms with van der Waals surface area (Å²) in [6.07, 6.45) is 2.73. The minimum absolute atomic E-state index is 0.129. The Hall–Kier alpha value is -1.33. The van der Waals surface area contributed by atoms with Crippen molar-refractivity contribution < 1.29 is 9.21 Å². The Morgan fingerprint density at radius 3 is 3.11 bits per heavy atom. The lowest BCUT2D eigenvalue weighted by Gasteiger charge is -2.20. The number of nitrogens with zero attached hydrogens (tertiary/aromatic N) is 2. The maximum Gasteiger partial charge on any atom is 0.236 e. The van der Waals surface area contributed by atoms with Crippen LogP contribution in [0, 0.1) is 5.92 Å². The van der Waals surface area contributed by atoms with Crippen LogP contribution >= 0.6 is 0 Å². The minimum Gasteiger partial charge on any atom is -0.467 e. The van der Waals surface area contributed by atoms with Gasteiger partial charge in [0, 0.05) is 13.6 Å². The minimum atomic E-state index is 0.129. The molecule has 0 aromatic carbocycles. The molecule has 100 valence electrons. The second kappa shape index (κ2) is 6.02. The molecule has 1 atom stereocenters. The van der Waals surface area contributed by atoms with Gasteiger partial charge in [0.25, 0.3) is 0 Å². The largest absolute Gasteiger partial charge is 0.467 e. The van der Waals surface area contributed by atoms with Gasteiger partial charge < -0.3 is 15.1 Å². The zero-order valence-corrected chi connectivity index (χ0v) is 10.8. The fourth-order valence-electron chi connectivity index (χ4n) is 2.29. The zero-order valence-electron chi connectivity index (χ0n) is 10.8. The predicted octanol–water partition coefficient (Wildman–Crippen LogP) is 0.519. The van der Waals surface area contributed by atoms with E-state index >= 15 is 0 Å². The summed E-state index contributed by atoms with van der Waals surface area (Å²) in [6.45, 7) is 3.64. The number of amides is 1. The molecule has 1 aliphatic heterocycles. The Kier molecular flexibility index (Phi) is 4.38. The van der Waals surface area contributed by atoms with Gasteiger partial charge in [-0.1, -0.05) is 0 Å². The van der Waals surface area contributed by atoms with E-state index in [1.54, 1.807) is 18.2 Å². The topological polar surface area (TPSA) is 62.7 Å². The van der Waals surface area contributed by atoms with E-state index in [1.165, 1.54) is 0 Å². The quantitative estimate of drug-likeness (QED) is 0.828. The number of nitrogens with two attached hydrogens (primary N) is 1. The van der Waals surface area contributed by atoms with E-state index in [0.29, 0.717) is 25.6 Å². The van der Waals surface area contributed by atoms with Crippen molar-refractivity contribution in [3.63, 3.8) is 0 Å². The van der Waals surface area contributed by atoms with Crippen LogP contribution in [0.4, 0.5) is 0 Å². The van der Waals surface area contributed by atoms with Crippen molar-refractivity contribution in [2.75, 3.05) is 33.2 Å². The number of hydrogen-bond acceptors (Lipinski definition) is 4. The SMILES string of the molecule is CN(Cc1ccco1)C(=O)CN1CCC(CN)C1. The molecule has 5 nitrogen and oxygen atoms in total. The average molecular weight is 251 g/mol. The highest BCUT2D eigenvalue weighted by Gasteiger charge is 2.24. The number of rotatable bonds is 5. The third-order valence-electron chi connectivity index (χ3n) is 3.46. The molecule has 0 aliphatic carbocycles. The summed E-state index contributed by atoms with van der Waals surface area (Å²) >= 11 is 0. The van der Waals surface area contributed by atoms with E-state index in [1.807, 2.05) is 12.1 Å². The van der Waals surface area contributed by atoms with E-state index in [4.69, 9.17) is 10.2 Å². The Labute approximate surface area is 108 Å². The first-order valence-electron chi connectivity index (χ1n) is 6.38. The van der Waals surface area contributed by atoms with Gasteiger partial charge in [-0.15, -0.1) is 0 Å². The second-order valence-corrected chi connectivity index (χ2v) is 4.95. The van der Waals surface area contributed by atoms with Crippen LogP contribution in [0.3, 0.4) is 0 Å². The van der Waals surface area contributed by atoms with Crippen molar-refractivity contribution >= 4 is 5.91 Å². The summed E-state index contributed by atoms with van der Waals surface area (Å²) in [5.74, 6) is 1.49. The van der Waals surface area contributed by atoms with Crippen LogP contribution in [0.5, 0.6) is 0 Å². The first-order chi connectivity index (χ1) is 8.69. The van der Waals surface area contributed by atoms with Crippen LogP contribution in [0.25, 0.3) is 0 Å². The standard InChI is InChI=1S/C13H21N3O2/c1-15(9-12-3-2-6-18-12)13(17)10-16-5-4-11(7-14)8-16/h2-3,6,11H,4-5,7-10,14H2,1H3. The second-order valence-electron chi connectivity index (χ2n) is 4.95. The van der Waals surface area contributed by atoms with Gasteiger partial charge in [-0.05, 0) is 37.6 Å². The molecule has 1 amide bonds. The van der Waals surface area contributed by atoms with Crippen LogP contribution in [0.15, 0.2) is 22.8 Å². The van der Waals surface area contributed by atoms with Gasteiger partial charge >= 0.3 is 0 Å². The van der Waals surface area contributed by atoms with Crippen LogP contribution in [-0.4, -0.2) is 48.9 Å². The van der Waals surface area contributed by atoms with Crippen LogP contribution < -0.4 is 5.73 Å². The molecule has 2 N–H and O–H groups in total. The van der Waals surface area contributed by atoms with Crippen LogP contribution in [0.1, 0.15) is 12.2 Å². The molecule has 1 unspecified atom stereocenters. The van der Waals surface area contributed by atoms with E-state index in [9.17, 15) is 4.79 Å². The zero-order chi connectivity index (χ0) is 13.0. The Balaban J connectivity index is 1.77. The van der Waals surface area contributed by atoms with Crippen molar-refractivity contribution in [3.8, 4) is 0 Å². The van der Waals surface area contributed by atoms with E-state index < -0.39 is 0 Å².